The summed E-state index contributed by atoms with van der Waals surface area (Å²) in [5.41, 5.74) is 3.08. The maximum Gasteiger partial charge on any atom is 0.229 e. The van der Waals surface area contributed by atoms with Gasteiger partial charge in [-0.2, -0.15) is 0 Å². The lowest BCUT2D eigenvalue weighted by molar-refractivity contribution is -0.117. The number of nitrogens with zero attached hydrogens (tertiary/aromatic N) is 4. The molecule has 7 nitrogen and oxygen atoms in total. The predicted octanol–water partition coefficient (Wildman–Crippen LogP) is 2.32. The van der Waals surface area contributed by atoms with E-state index in [4.69, 9.17) is 0 Å². The van der Waals surface area contributed by atoms with Crippen LogP contribution in [0.4, 0.5) is 5.69 Å². The first-order chi connectivity index (χ1) is 14.2. The number of amides is 1. The van der Waals surface area contributed by atoms with Crippen LogP contribution in [0.1, 0.15) is 12.2 Å². The molecule has 3 aromatic rings. The zero-order valence-electron chi connectivity index (χ0n) is 16.8. The van der Waals surface area contributed by atoms with Crippen molar-refractivity contribution >= 4 is 28.6 Å². The zero-order chi connectivity index (χ0) is 20.2. The predicted molar refractivity (Wildman–Crippen MR) is 116 cm³/mol. The fourth-order valence-corrected chi connectivity index (χ4v) is 3.81. The van der Waals surface area contributed by atoms with Crippen LogP contribution in [0.2, 0.25) is 0 Å². The Morgan fingerprint density at radius 3 is 2.72 bits per heavy atom. The first kappa shape index (κ1) is 19.0. The van der Waals surface area contributed by atoms with Crippen molar-refractivity contribution < 1.29 is 4.79 Å². The topological polar surface area (TPSA) is 74.5 Å². The molecule has 0 radical (unpaired) electrons. The van der Waals surface area contributed by atoms with Gasteiger partial charge in [0.15, 0.2) is 5.96 Å². The van der Waals surface area contributed by atoms with Crippen molar-refractivity contribution in [2.24, 2.45) is 4.99 Å². The number of carbonyl (C=O) groups is 1. The van der Waals surface area contributed by atoms with E-state index in [0.29, 0.717) is 25.5 Å². The van der Waals surface area contributed by atoms with Gasteiger partial charge in [0, 0.05) is 38.8 Å². The maximum absolute atomic E-state index is 12.4. The number of fused-ring (bicyclic) bond motifs is 1. The average molecular weight is 390 g/mol. The second-order valence-electron chi connectivity index (χ2n) is 7.18. The number of aryl methyl sites for hydroxylation is 1. The van der Waals surface area contributed by atoms with Gasteiger partial charge >= 0.3 is 0 Å². The van der Waals surface area contributed by atoms with E-state index in [0.717, 1.165) is 29.1 Å². The summed E-state index contributed by atoms with van der Waals surface area (Å²) in [5.74, 6) is 1.83. The smallest absolute Gasteiger partial charge is 0.229 e. The van der Waals surface area contributed by atoms with E-state index in [1.807, 2.05) is 60.4 Å². The van der Waals surface area contributed by atoms with E-state index >= 15 is 0 Å². The number of nitrogens with one attached hydrogen (secondary N) is 2. The minimum absolute atomic E-state index is 0.0321. The molecule has 2 aromatic carbocycles. The highest BCUT2D eigenvalue weighted by molar-refractivity contribution is 5.97. The molecule has 0 spiro atoms. The Bertz CT molecular complexity index is 1030. The lowest BCUT2D eigenvalue weighted by Gasteiger charge is -2.19. The molecule has 1 aliphatic heterocycles. The van der Waals surface area contributed by atoms with Crippen molar-refractivity contribution in [3.63, 3.8) is 0 Å². The van der Waals surface area contributed by atoms with E-state index in [-0.39, 0.29) is 11.9 Å². The zero-order valence-corrected chi connectivity index (χ0v) is 16.8. The molecule has 1 saturated heterocycles. The van der Waals surface area contributed by atoms with Gasteiger partial charge in [0.05, 0.1) is 17.1 Å². The van der Waals surface area contributed by atoms with Gasteiger partial charge in [-0.3, -0.25) is 9.79 Å². The molecule has 1 aromatic heterocycles. The molecule has 2 N–H and O–H groups in total. The van der Waals surface area contributed by atoms with Crippen molar-refractivity contribution in [3.8, 4) is 0 Å². The van der Waals surface area contributed by atoms with Gasteiger partial charge in [0.1, 0.15) is 5.82 Å². The van der Waals surface area contributed by atoms with Gasteiger partial charge in [-0.15, -0.1) is 0 Å². The van der Waals surface area contributed by atoms with Gasteiger partial charge in [0.2, 0.25) is 5.91 Å². The Hall–Kier alpha value is -3.35. The summed E-state index contributed by atoms with van der Waals surface area (Å²) in [7, 11) is 1.75. The summed E-state index contributed by atoms with van der Waals surface area (Å²) < 4.78 is 2.20. The summed E-state index contributed by atoms with van der Waals surface area (Å²) >= 11 is 0. The number of benzene rings is 2. The molecule has 29 heavy (non-hydrogen) atoms. The van der Waals surface area contributed by atoms with Gasteiger partial charge in [-0.1, -0.05) is 30.3 Å². The van der Waals surface area contributed by atoms with Crippen LogP contribution in [0.15, 0.2) is 59.6 Å². The maximum atomic E-state index is 12.4. The minimum Gasteiger partial charge on any atom is -0.355 e. The van der Waals surface area contributed by atoms with E-state index in [1.54, 1.807) is 7.05 Å². The van der Waals surface area contributed by atoms with Crippen LogP contribution in [-0.4, -0.2) is 47.6 Å². The highest BCUT2D eigenvalue weighted by atomic mass is 16.2. The van der Waals surface area contributed by atoms with Crippen LogP contribution in [0, 0.1) is 6.92 Å². The second kappa shape index (κ2) is 8.34. The molecule has 2 heterocycles. The normalized spacial score (nSPS) is 17.2. The molecule has 0 bridgehead atoms. The fourth-order valence-electron chi connectivity index (χ4n) is 3.81. The molecule has 4 rings (SSSR count). The van der Waals surface area contributed by atoms with Crippen molar-refractivity contribution in [3.05, 3.63) is 60.4 Å². The molecule has 1 unspecified atom stereocenters. The first-order valence-electron chi connectivity index (χ1n) is 9.90. The largest absolute Gasteiger partial charge is 0.355 e. The molecule has 1 fully saturated rings. The van der Waals surface area contributed by atoms with E-state index in [1.165, 1.54) is 0 Å². The average Bonchev–Trinajstić information content (AvgIpc) is 3.27. The Kier molecular flexibility index (Phi) is 5.46. The van der Waals surface area contributed by atoms with Crippen molar-refractivity contribution in [2.75, 3.05) is 25.0 Å². The Balaban J connectivity index is 1.33. The highest BCUT2D eigenvalue weighted by Gasteiger charge is 2.31. The van der Waals surface area contributed by atoms with Crippen LogP contribution in [0.5, 0.6) is 0 Å². The van der Waals surface area contributed by atoms with Gasteiger partial charge in [-0.25, -0.2) is 4.98 Å². The number of rotatable bonds is 5. The second-order valence-corrected chi connectivity index (χ2v) is 7.18. The SMILES string of the molecule is CN=C(NCCn1c(C)nc2ccccc21)NC1CC(=O)N(c2ccccc2)C1. The number of hydrogen-bond acceptors (Lipinski definition) is 3. The number of carbonyl (C=O) groups excluding carboxylic acids is 1. The summed E-state index contributed by atoms with van der Waals surface area (Å²) in [6, 6.07) is 18.0. The molecule has 1 aliphatic rings. The fraction of sp³-hybridized carbons (Fsp3) is 0.318. The van der Waals surface area contributed by atoms with E-state index in [2.05, 4.69) is 31.2 Å². The quantitative estimate of drug-likeness (QED) is 0.518. The number of guanidine groups is 1. The van der Waals surface area contributed by atoms with Crippen LogP contribution in [0.25, 0.3) is 11.0 Å². The van der Waals surface area contributed by atoms with Crippen LogP contribution in [-0.2, 0) is 11.3 Å². The molecular weight excluding hydrogens is 364 g/mol. The number of aromatic nitrogens is 2. The molecule has 7 heteroatoms. The summed E-state index contributed by atoms with van der Waals surface area (Å²) in [5, 5.41) is 6.74. The van der Waals surface area contributed by atoms with Gasteiger partial charge < -0.3 is 20.1 Å². The third-order valence-corrected chi connectivity index (χ3v) is 5.23. The van der Waals surface area contributed by atoms with E-state index < -0.39 is 0 Å². The van der Waals surface area contributed by atoms with Crippen molar-refractivity contribution in [1.82, 2.24) is 20.2 Å². The molecule has 0 aliphatic carbocycles. The van der Waals surface area contributed by atoms with Gasteiger partial charge in [-0.05, 0) is 31.2 Å². The van der Waals surface area contributed by atoms with Crippen LogP contribution >= 0.6 is 0 Å². The molecule has 0 saturated carbocycles. The number of aliphatic imine (C=N–C) groups is 1. The van der Waals surface area contributed by atoms with Crippen LogP contribution in [0.3, 0.4) is 0 Å². The monoisotopic (exact) mass is 390 g/mol. The third-order valence-electron chi connectivity index (χ3n) is 5.23. The lowest BCUT2D eigenvalue weighted by atomic mass is 10.2. The number of para-hydroxylation sites is 3. The summed E-state index contributed by atoms with van der Waals surface area (Å²) in [6.07, 6.45) is 0.459. The van der Waals surface area contributed by atoms with Crippen molar-refractivity contribution in [1.29, 1.82) is 0 Å². The van der Waals surface area contributed by atoms with Gasteiger partial charge in [0.25, 0.3) is 0 Å². The van der Waals surface area contributed by atoms with Crippen molar-refractivity contribution in [2.45, 2.75) is 25.9 Å². The minimum atomic E-state index is 0.0321. The lowest BCUT2D eigenvalue weighted by Crippen LogP contribution is -2.45. The third kappa shape index (κ3) is 4.08. The molecular formula is C22H26N6O. The Morgan fingerprint density at radius 2 is 1.93 bits per heavy atom. The number of anilines is 1. The standard InChI is InChI=1S/C22H26N6O/c1-16-25-19-10-6-7-11-20(19)27(16)13-12-24-22(23-2)26-17-14-21(29)28(15-17)18-8-4-3-5-9-18/h3-11,17H,12-15H2,1-2H3,(H2,23,24,26). The molecule has 1 amide bonds. The highest BCUT2D eigenvalue weighted by Crippen LogP contribution is 2.21. The number of imidazole rings is 1. The molecule has 1 atom stereocenters. The Morgan fingerprint density at radius 1 is 1.17 bits per heavy atom. The summed E-state index contributed by atoms with van der Waals surface area (Å²) in [6.45, 7) is 4.15. The number of hydrogen-bond donors (Lipinski definition) is 2. The Labute approximate surface area is 170 Å². The summed E-state index contributed by atoms with van der Waals surface area (Å²) in [4.78, 5) is 23.2. The van der Waals surface area contributed by atoms with E-state index in [9.17, 15) is 4.79 Å². The van der Waals surface area contributed by atoms with Crippen LogP contribution < -0.4 is 15.5 Å². The molecule has 150 valence electrons. The first-order valence-corrected chi connectivity index (χ1v) is 9.90.